The normalized spacial score (nSPS) is 27.7. The van der Waals surface area contributed by atoms with Crippen LogP contribution in [-0.4, -0.2) is 22.5 Å². The molecule has 2 heterocycles. The number of nitriles is 1. The molecule has 2 fully saturated rings. The molecule has 0 amide bonds. The third-order valence-corrected chi connectivity index (χ3v) is 4.45. The second-order valence-electron chi connectivity index (χ2n) is 5.53. The van der Waals surface area contributed by atoms with Crippen molar-refractivity contribution in [1.29, 1.82) is 5.26 Å². The zero-order valence-electron chi connectivity index (χ0n) is 10.7. The summed E-state index contributed by atoms with van der Waals surface area (Å²) in [4.78, 5) is 6.65. The first-order valence-electron chi connectivity index (χ1n) is 6.96. The Morgan fingerprint density at radius 2 is 2.22 bits per heavy atom. The molecule has 18 heavy (non-hydrogen) atoms. The van der Waals surface area contributed by atoms with E-state index in [2.05, 4.69) is 16.0 Å². The van der Waals surface area contributed by atoms with Crippen molar-refractivity contribution < 1.29 is 0 Å². The van der Waals surface area contributed by atoms with Crippen LogP contribution in [0.15, 0.2) is 18.3 Å². The number of hydrogen-bond donors (Lipinski definition) is 0. The summed E-state index contributed by atoms with van der Waals surface area (Å²) in [5.41, 5.74) is 1.76. The molecule has 1 saturated heterocycles. The van der Waals surface area contributed by atoms with Gasteiger partial charge in [0.25, 0.3) is 0 Å². The highest BCUT2D eigenvalue weighted by Crippen LogP contribution is 2.36. The van der Waals surface area contributed by atoms with E-state index in [1.54, 1.807) is 6.20 Å². The monoisotopic (exact) mass is 241 g/mol. The smallest absolute Gasteiger partial charge is 0.140 e. The molecular formula is C15H19N3. The molecule has 0 bridgehead atoms. The van der Waals surface area contributed by atoms with Gasteiger partial charge in [-0.3, -0.25) is 4.90 Å². The summed E-state index contributed by atoms with van der Waals surface area (Å²) in [7, 11) is 0. The van der Waals surface area contributed by atoms with Crippen molar-refractivity contribution in [3.05, 3.63) is 29.6 Å². The second-order valence-corrected chi connectivity index (χ2v) is 5.53. The number of pyridine rings is 1. The lowest BCUT2D eigenvalue weighted by atomic mass is 9.85. The van der Waals surface area contributed by atoms with Crippen LogP contribution in [0.2, 0.25) is 0 Å². The van der Waals surface area contributed by atoms with Gasteiger partial charge in [-0.05, 0) is 49.4 Å². The lowest BCUT2D eigenvalue weighted by Crippen LogP contribution is -2.34. The Morgan fingerprint density at radius 1 is 1.33 bits per heavy atom. The minimum absolute atomic E-state index is 0.534. The van der Waals surface area contributed by atoms with Gasteiger partial charge >= 0.3 is 0 Å². The molecule has 1 saturated carbocycles. The molecule has 3 rings (SSSR count). The van der Waals surface area contributed by atoms with Gasteiger partial charge in [-0.1, -0.05) is 12.8 Å². The van der Waals surface area contributed by atoms with Crippen molar-refractivity contribution in [3.63, 3.8) is 0 Å². The fourth-order valence-electron chi connectivity index (χ4n) is 3.57. The fourth-order valence-corrected chi connectivity index (χ4v) is 3.57. The quantitative estimate of drug-likeness (QED) is 0.799. The first-order valence-corrected chi connectivity index (χ1v) is 6.96. The molecule has 2 atom stereocenters. The lowest BCUT2D eigenvalue weighted by molar-refractivity contribution is 0.176. The zero-order valence-corrected chi connectivity index (χ0v) is 10.7. The van der Waals surface area contributed by atoms with Gasteiger partial charge < -0.3 is 0 Å². The predicted molar refractivity (Wildman–Crippen MR) is 69.7 cm³/mol. The first-order chi connectivity index (χ1) is 8.86. The molecule has 0 spiro atoms. The Morgan fingerprint density at radius 3 is 3.11 bits per heavy atom. The molecule has 3 nitrogen and oxygen atoms in total. The van der Waals surface area contributed by atoms with Crippen molar-refractivity contribution in [3.8, 4) is 6.07 Å². The molecule has 1 aliphatic carbocycles. The van der Waals surface area contributed by atoms with Crippen LogP contribution in [0.5, 0.6) is 0 Å². The van der Waals surface area contributed by atoms with Crippen LogP contribution in [0.25, 0.3) is 0 Å². The van der Waals surface area contributed by atoms with Crippen LogP contribution in [0.1, 0.15) is 43.4 Å². The molecule has 2 aliphatic rings. The maximum absolute atomic E-state index is 8.88. The average molecular weight is 241 g/mol. The zero-order chi connectivity index (χ0) is 12.4. The van der Waals surface area contributed by atoms with E-state index in [4.69, 9.17) is 5.26 Å². The number of aromatic nitrogens is 1. The summed E-state index contributed by atoms with van der Waals surface area (Å²) in [5.74, 6) is 0.927. The third kappa shape index (κ3) is 2.26. The summed E-state index contributed by atoms with van der Waals surface area (Å²) in [6.45, 7) is 2.21. The largest absolute Gasteiger partial charge is 0.296 e. The van der Waals surface area contributed by atoms with Gasteiger partial charge in [0, 0.05) is 18.8 Å². The SMILES string of the molecule is N#Cc1cc(CN2CCC3CCCCC32)ccn1. The molecular weight excluding hydrogens is 222 g/mol. The van der Waals surface area contributed by atoms with Gasteiger partial charge in [0.1, 0.15) is 11.8 Å². The summed E-state index contributed by atoms with van der Waals surface area (Å²) in [5, 5.41) is 8.88. The molecule has 0 radical (unpaired) electrons. The Hall–Kier alpha value is -1.40. The van der Waals surface area contributed by atoms with Gasteiger partial charge in [-0.2, -0.15) is 5.26 Å². The number of hydrogen-bond acceptors (Lipinski definition) is 3. The van der Waals surface area contributed by atoms with Gasteiger partial charge in [0.2, 0.25) is 0 Å². The van der Waals surface area contributed by atoms with Crippen molar-refractivity contribution in [2.45, 2.75) is 44.7 Å². The van der Waals surface area contributed by atoms with E-state index in [1.165, 1.54) is 44.2 Å². The van der Waals surface area contributed by atoms with E-state index in [1.807, 2.05) is 12.1 Å². The predicted octanol–water partition coefficient (Wildman–Crippen LogP) is 2.72. The highest BCUT2D eigenvalue weighted by Gasteiger charge is 2.35. The first kappa shape index (κ1) is 11.7. The van der Waals surface area contributed by atoms with Crippen LogP contribution < -0.4 is 0 Å². The van der Waals surface area contributed by atoms with Crippen LogP contribution in [-0.2, 0) is 6.54 Å². The Balaban J connectivity index is 1.71. The van der Waals surface area contributed by atoms with Crippen molar-refractivity contribution in [2.75, 3.05) is 6.54 Å². The van der Waals surface area contributed by atoms with Crippen molar-refractivity contribution in [1.82, 2.24) is 9.88 Å². The Labute approximate surface area is 108 Å². The van der Waals surface area contributed by atoms with Gasteiger partial charge in [0.05, 0.1) is 0 Å². The average Bonchev–Trinajstić information content (AvgIpc) is 2.83. The third-order valence-electron chi connectivity index (χ3n) is 4.45. The van der Waals surface area contributed by atoms with E-state index < -0.39 is 0 Å². The maximum Gasteiger partial charge on any atom is 0.140 e. The molecule has 2 unspecified atom stereocenters. The van der Waals surface area contributed by atoms with Crippen molar-refractivity contribution >= 4 is 0 Å². The Bertz CT molecular complexity index is 463. The van der Waals surface area contributed by atoms with Crippen LogP contribution in [0.4, 0.5) is 0 Å². The van der Waals surface area contributed by atoms with Crippen LogP contribution in [0.3, 0.4) is 0 Å². The van der Waals surface area contributed by atoms with Gasteiger partial charge in [-0.15, -0.1) is 0 Å². The fraction of sp³-hybridized carbons (Fsp3) is 0.600. The molecule has 0 aromatic carbocycles. The van der Waals surface area contributed by atoms with E-state index >= 15 is 0 Å². The highest BCUT2D eigenvalue weighted by molar-refractivity contribution is 5.25. The van der Waals surface area contributed by atoms with Gasteiger partial charge in [0.15, 0.2) is 0 Å². The summed E-state index contributed by atoms with van der Waals surface area (Å²) in [6.07, 6.45) is 8.70. The maximum atomic E-state index is 8.88. The Kier molecular flexibility index (Phi) is 3.29. The van der Waals surface area contributed by atoms with Gasteiger partial charge in [-0.25, -0.2) is 4.98 Å². The van der Waals surface area contributed by atoms with E-state index in [0.717, 1.165) is 18.5 Å². The van der Waals surface area contributed by atoms with E-state index in [0.29, 0.717) is 5.69 Å². The van der Waals surface area contributed by atoms with Crippen molar-refractivity contribution in [2.24, 2.45) is 5.92 Å². The minimum Gasteiger partial charge on any atom is -0.296 e. The van der Waals surface area contributed by atoms with E-state index in [-0.39, 0.29) is 0 Å². The van der Waals surface area contributed by atoms with E-state index in [9.17, 15) is 0 Å². The molecule has 0 N–H and O–H groups in total. The summed E-state index contributed by atoms with van der Waals surface area (Å²) in [6, 6.07) is 6.87. The number of rotatable bonds is 2. The summed E-state index contributed by atoms with van der Waals surface area (Å²) < 4.78 is 0. The second kappa shape index (κ2) is 5.07. The molecule has 3 heteroatoms. The lowest BCUT2D eigenvalue weighted by Gasteiger charge is -2.31. The number of nitrogens with zero attached hydrogens (tertiary/aromatic N) is 3. The standard InChI is InChI=1S/C15H19N3/c16-10-14-9-12(5-7-17-14)11-18-8-6-13-3-1-2-4-15(13)18/h5,7,9,13,15H,1-4,6,8,11H2. The molecule has 1 aliphatic heterocycles. The highest BCUT2D eigenvalue weighted by atomic mass is 15.2. The summed E-state index contributed by atoms with van der Waals surface area (Å²) >= 11 is 0. The van der Waals surface area contributed by atoms with Crippen LogP contribution in [0, 0.1) is 17.2 Å². The van der Waals surface area contributed by atoms with Crippen LogP contribution >= 0.6 is 0 Å². The molecule has 1 aromatic heterocycles. The molecule has 94 valence electrons. The number of fused-ring (bicyclic) bond motifs is 1. The topological polar surface area (TPSA) is 39.9 Å². The minimum atomic E-state index is 0.534. The molecule has 1 aromatic rings. The number of likely N-dealkylation sites (tertiary alicyclic amines) is 1.